The zero-order chi connectivity index (χ0) is 20.8. The SMILES string of the molecule is CCc1ccccc1N1CC(C(=O)NCCNC(=O)c2ccc(O)cc2)CC1=O. The van der Waals surface area contributed by atoms with Gasteiger partial charge in [-0.1, -0.05) is 25.1 Å². The second-order valence-electron chi connectivity index (χ2n) is 6.98. The average molecular weight is 395 g/mol. The summed E-state index contributed by atoms with van der Waals surface area (Å²) >= 11 is 0. The van der Waals surface area contributed by atoms with E-state index in [0.29, 0.717) is 12.1 Å². The topological polar surface area (TPSA) is 98.7 Å². The minimum absolute atomic E-state index is 0.0494. The van der Waals surface area contributed by atoms with E-state index >= 15 is 0 Å². The molecule has 0 saturated carbocycles. The van der Waals surface area contributed by atoms with Gasteiger partial charge in [-0.25, -0.2) is 0 Å². The van der Waals surface area contributed by atoms with E-state index in [2.05, 4.69) is 10.6 Å². The van der Waals surface area contributed by atoms with Gasteiger partial charge in [0.2, 0.25) is 11.8 Å². The van der Waals surface area contributed by atoms with Gasteiger partial charge >= 0.3 is 0 Å². The molecule has 1 aliphatic heterocycles. The third-order valence-corrected chi connectivity index (χ3v) is 5.00. The van der Waals surface area contributed by atoms with Crippen molar-refractivity contribution >= 4 is 23.4 Å². The van der Waals surface area contributed by atoms with Crippen molar-refractivity contribution in [3.63, 3.8) is 0 Å². The second kappa shape index (κ2) is 9.23. The lowest BCUT2D eigenvalue weighted by Crippen LogP contribution is -2.38. The van der Waals surface area contributed by atoms with Crippen molar-refractivity contribution < 1.29 is 19.5 Å². The van der Waals surface area contributed by atoms with Crippen LogP contribution in [0.3, 0.4) is 0 Å². The first kappa shape index (κ1) is 20.4. The zero-order valence-electron chi connectivity index (χ0n) is 16.4. The molecule has 2 aromatic rings. The van der Waals surface area contributed by atoms with Gasteiger partial charge in [-0.05, 0) is 42.3 Å². The molecular formula is C22H25N3O4. The fourth-order valence-electron chi connectivity index (χ4n) is 3.41. The van der Waals surface area contributed by atoms with Crippen molar-refractivity contribution in [2.24, 2.45) is 5.92 Å². The maximum atomic E-state index is 12.4. The number of carbonyl (C=O) groups excluding carboxylic acids is 3. The van der Waals surface area contributed by atoms with Gasteiger partial charge in [0.05, 0.1) is 5.92 Å². The molecule has 0 radical (unpaired) electrons. The molecule has 3 amide bonds. The first-order valence-electron chi connectivity index (χ1n) is 9.72. The van der Waals surface area contributed by atoms with Crippen molar-refractivity contribution in [3.05, 3.63) is 59.7 Å². The zero-order valence-corrected chi connectivity index (χ0v) is 16.4. The number of aromatic hydroxyl groups is 1. The Morgan fingerprint density at radius 2 is 1.76 bits per heavy atom. The molecule has 7 heteroatoms. The third kappa shape index (κ3) is 4.93. The first-order valence-corrected chi connectivity index (χ1v) is 9.72. The highest BCUT2D eigenvalue weighted by Crippen LogP contribution is 2.28. The second-order valence-corrected chi connectivity index (χ2v) is 6.98. The molecular weight excluding hydrogens is 370 g/mol. The monoisotopic (exact) mass is 395 g/mol. The number of anilines is 1. The quantitative estimate of drug-likeness (QED) is 0.623. The number of hydrogen-bond acceptors (Lipinski definition) is 4. The van der Waals surface area contributed by atoms with E-state index in [4.69, 9.17) is 0 Å². The molecule has 1 heterocycles. The Morgan fingerprint density at radius 1 is 1.07 bits per heavy atom. The van der Waals surface area contributed by atoms with E-state index in [0.717, 1.165) is 17.7 Å². The molecule has 1 unspecified atom stereocenters. The molecule has 152 valence electrons. The number of phenols is 1. The number of rotatable bonds is 7. The Hall–Kier alpha value is -3.35. The predicted octanol–water partition coefficient (Wildman–Crippen LogP) is 1.85. The van der Waals surface area contributed by atoms with Crippen LogP contribution in [0, 0.1) is 5.92 Å². The van der Waals surface area contributed by atoms with E-state index < -0.39 is 5.92 Å². The number of nitrogens with one attached hydrogen (secondary N) is 2. The molecule has 0 spiro atoms. The minimum atomic E-state index is -0.403. The van der Waals surface area contributed by atoms with Crippen LogP contribution in [-0.2, 0) is 16.0 Å². The average Bonchev–Trinajstić information content (AvgIpc) is 3.13. The standard InChI is InChI=1S/C22H25N3O4/c1-2-15-5-3-4-6-19(15)25-14-17(13-20(25)27)22(29)24-12-11-23-21(28)16-7-9-18(26)10-8-16/h3-10,17,26H,2,11-14H2,1H3,(H,23,28)(H,24,29). The molecule has 0 aliphatic carbocycles. The summed E-state index contributed by atoms with van der Waals surface area (Å²) < 4.78 is 0. The third-order valence-electron chi connectivity index (χ3n) is 5.00. The molecule has 3 N–H and O–H groups in total. The summed E-state index contributed by atoms with van der Waals surface area (Å²) in [6.45, 7) is 2.95. The van der Waals surface area contributed by atoms with Crippen LogP contribution in [0.4, 0.5) is 5.69 Å². The largest absolute Gasteiger partial charge is 0.508 e. The van der Waals surface area contributed by atoms with E-state index in [1.54, 1.807) is 4.90 Å². The van der Waals surface area contributed by atoms with Crippen LogP contribution in [0.1, 0.15) is 29.3 Å². The normalized spacial score (nSPS) is 16.0. The Kier molecular flexibility index (Phi) is 6.49. The van der Waals surface area contributed by atoms with Crippen molar-refractivity contribution in [3.8, 4) is 5.75 Å². The molecule has 29 heavy (non-hydrogen) atoms. The lowest BCUT2D eigenvalue weighted by Gasteiger charge is -2.20. The molecule has 1 fully saturated rings. The Bertz CT molecular complexity index is 895. The van der Waals surface area contributed by atoms with Gasteiger partial charge in [-0.15, -0.1) is 0 Å². The highest BCUT2D eigenvalue weighted by Gasteiger charge is 2.35. The summed E-state index contributed by atoms with van der Waals surface area (Å²) in [6.07, 6.45) is 1.00. The van der Waals surface area contributed by atoms with Crippen molar-refractivity contribution in [2.45, 2.75) is 19.8 Å². The van der Waals surface area contributed by atoms with Crippen molar-refractivity contribution in [2.75, 3.05) is 24.5 Å². The van der Waals surface area contributed by atoms with E-state index in [9.17, 15) is 19.5 Å². The van der Waals surface area contributed by atoms with Crippen LogP contribution in [0.25, 0.3) is 0 Å². The van der Waals surface area contributed by atoms with Crippen LogP contribution in [0.5, 0.6) is 5.75 Å². The Balaban J connectivity index is 1.47. The summed E-state index contributed by atoms with van der Waals surface area (Å²) in [4.78, 5) is 38.6. The number of nitrogens with zero attached hydrogens (tertiary/aromatic N) is 1. The summed E-state index contributed by atoms with van der Waals surface area (Å²) in [5.74, 6) is -0.825. The van der Waals surface area contributed by atoms with Gasteiger partial charge in [0.15, 0.2) is 0 Å². The number of hydrogen-bond donors (Lipinski definition) is 3. The van der Waals surface area contributed by atoms with Crippen LogP contribution in [0.15, 0.2) is 48.5 Å². The number of carbonyl (C=O) groups is 3. The number of para-hydroxylation sites is 1. The maximum absolute atomic E-state index is 12.4. The highest BCUT2D eigenvalue weighted by atomic mass is 16.3. The molecule has 0 bridgehead atoms. The van der Waals surface area contributed by atoms with E-state index in [1.807, 2.05) is 31.2 Å². The summed E-state index contributed by atoms with van der Waals surface area (Å²) in [5.41, 5.74) is 2.39. The summed E-state index contributed by atoms with van der Waals surface area (Å²) in [7, 11) is 0. The number of aryl methyl sites for hydroxylation is 1. The first-order chi connectivity index (χ1) is 14.0. The van der Waals surface area contributed by atoms with E-state index in [-0.39, 0.29) is 43.0 Å². The minimum Gasteiger partial charge on any atom is -0.508 e. The van der Waals surface area contributed by atoms with Gasteiger partial charge in [-0.2, -0.15) is 0 Å². The lowest BCUT2D eigenvalue weighted by atomic mass is 10.1. The molecule has 1 atom stereocenters. The lowest BCUT2D eigenvalue weighted by molar-refractivity contribution is -0.126. The maximum Gasteiger partial charge on any atom is 0.251 e. The Labute approximate surface area is 169 Å². The molecule has 0 aromatic heterocycles. The molecule has 1 aliphatic rings. The number of benzene rings is 2. The van der Waals surface area contributed by atoms with Crippen LogP contribution < -0.4 is 15.5 Å². The predicted molar refractivity (Wildman–Crippen MR) is 110 cm³/mol. The van der Waals surface area contributed by atoms with Crippen molar-refractivity contribution in [1.29, 1.82) is 0 Å². The van der Waals surface area contributed by atoms with Gasteiger partial charge in [0.1, 0.15) is 5.75 Å². The van der Waals surface area contributed by atoms with Gasteiger partial charge in [-0.3, -0.25) is 14.4 Å². The van der Waals surface area contributed by atoms with Crippen molar-refractivity contribution in [1.82, 2.24) is 10.6 Å². The van der Waals surface area contributed by atoms with Gasteiger partial charge in [0, 0.05) is 37.3 Å². The van der Waals surface area contributed by atoms with Gasteiger partial charge < -0.3 is 20.6 Å². The van der Waals surface area contributed by atoms with E-state index in [1.165, 1.54) is 24.3 Å². The fraction of sp³-hybridized carbons (Fsp3) is 0.318. The number of phenolic OH excluding ortho intramolecular Hbond substituents is 1. The van der Waals surface area contributed by atoms with Crippen LogP contribution in [0.2, 0.25) is 0 Å². The molecule has 7 nitrogen and oxygen atoms in total. The smallest absolute Gasteiger partial charge is 0.251 e. The molecule has 3 rings (SSSR count). The summed E-state index contributed by atoms with van der Waals surface area (Å²) in [6, 6.07) is 13.7. The number of amides is 3. The van der Waals surface area contributed by atoms with Crippen LogP contribution in [-0.4, -0.2) is 42.5 Å². The molecule has 1 saturated heterocycles. The van der Waals surface area contributed by atoms with Crippen LogP contribution >= 0.6 is 0 Å². The highest BCUT2D eigenvalue weighted by molar-refractivity contribution is 6.00. The fourth-order valence-corrected chi connectivity index (χ4v) is 3.41. The van der Waals surface area contributed by atoms with Gasteiger partial charge in [0.25, 0.3) is 5.91 Å². The summed E-state index contributed by atoms with van der Waals surface area (Å²) in [5, 5.41) is 14.7. The molecule has 2 aromatic carbocycles. The Morgan fingerprint density at radius 3 is 2.48 bits per heavy atom.